The molecule has 5 heteroatoms. The van der Waals surface area contributed by atoms with Crippen molar-refractivity contribution in [3.05, 3.63) is 28.8 Å². The third-order valence-corrected chi connectivity index (χ3v) is 2.59. The van der Waals surface area contributed by atoms with Gasteiger partial charge in [-0.3, -0.25) is 9.69 Å². The minimum Gasteiger partial charge on any atom is -0.495 e. The van der Waals surface area contributed by atoms with E-state index in [2.05, 4.69) is 4.74 Å². The summed E-state index contributed by atoms with van der Waals surface area (Å²) in [7, 11) is 4.79. The Balaban J connectivity index is 2.62. The molecule has 0 radical (unpaired) electrons. The lowest BCUT2D eigenvalue weighted by Crippen LogP contribution is -2.26. The van der Waals surface area contributed by atoms with Gasteiger partial charge >= 0.3 is 5.97 Å². The molecular formula is C12H16ClNO3. The molecule has 0 spiro atoms. The molecule has 0 atom stereocenters. The summed E-state index contributed by atoms with van der Waals surface area (Å²) in [6.45, 7) is 0.874. The van der Waals surface area contributed by atoms with Crippen LogP contribution in [0.2, 0.25) is 5.02 Å². The van der Waals surface area contributed by atoms with Gasteiger partial charge in [0.05, 0.1) is 25.8 Å². The highest BCUT2D eigenvalue weighted by molar-refractivity contribution is 6.32. The maximum Gasteiger partial charge on any atom is 0.319 e. The van der Waals surface area contributed by atoms with Crippen LogP contribution in [0.4, 0.5) is 0 Å². The van der Waals surface area contributed by atoms with Crippen molar-refractivity contribution in [2.75, 3.05) is 27.8 Å². The summed E-state index contributed by atoms with van der Waals surface area (Å²) in [6.07, 6.45) is 0. The van der Waals surface area contributed by atoms with Crippen molar-refractivity contribution in [3.8, 4) is 5.75 Å². The lowest BCUT2D eigenvalue weighted by Gasteiger charge is -2.15. The number of esters is 1. The average molecular weight is 258 g/mol. The summed E-state index contributed by atoms with van der Waals surface area (Å²) in [6, 6.07) is 5.55. The van der Waals surface area contributed by atoms with E-state index in [0.29, 0.717) is 17.3 Å². The molecule has 4 nitrogen and oxygen atoms in total. The molecule has 94 valence electrons. The third-order valence-electron chi connectivity index (χ3n) is 2.30. The van der Waals surface area contributed by atoms with Crippen molar-refractivity contribution in [1.29, 1.82) is 0 Å². The maximum absolute atomic E-state index is 11.1. The van der Waals surface area contributed by atoms with E-state index >= 15 is 0 Å². The quantitative estimate of drug-likeness (QED) is 0.756. The number of methoxy groups -OCH3 is 2. The monoisotopic (exact) mass is 257 g/mol. The molecule has 0 N–H and O–H groups in total. The fourth-order valence-corrected chi connectivity index (χ4v) is 1.74. The first-order chi connectivity index (χ1) is 8.06. The smallest absolute Gasteiger partial charge is 0.319 e. The number of halogens is 1. The molecule has 0 fully saturated rings. The summed E-state index contributed by atoms with van der Waals surface area (Å²) in [5.41, 5.74) is 1.02. The van der Waals surface area contributed by atoms with Crippen LogP contribution in [0.5, 0.6) is 5.75 Å². The second-order valence-electron chi connectivity index (χ2n) is 3.72. The molecular weight excluding hydrogens is 242 g/mol. The molecule has 0 aromatic heterocycles. The molecule has 1 rings (SSSR count). The molecule has 0 unspecified atom stereocenters. The lowest BCUT2D eigenvalue weighted by molar-refractivity contribution is -0.141. The summed E-state index contributed by atoms with van der Waals surface area (Å²) >= 11 is 6.01. The summed E-state index contributed by atoms with van der Waals surface area (Å²) < 4.78 is 9.66. The molecule has 0 saturated carbocycles. The number of benzene rings is 1. The number of hydrogen-bond donors (Lipinski definition) is 0. The zero-order valence-electron chi connectivity index (χ0n) is 10.2. The van der Waals surface area contributed by atoms with Crippen LogP contribution in [0.25, 0.3) is 0 Å². The van der Waals surface area contributed by atoms with Crippen LogP contribution >= 0.6 is 11.6 Å². The number of carbonyl (C=O) groups is 1. The van der Waals surface area contributed by atoms with Gasteiger partial charge in [0.1, 0.15) is 5.75 Å². The van der Waals surface area contributed by atoms with E-state index in [-0.39, 0.29) is 12.5 Å². The molecule has 0 saturated heterocycles. The van der Waals surface area contributed by atoms with Gasteiger partial charge < -0.3 is 9.47 Å². The Kier molecular flexibility index (Phi) is 5.25. The Bertz CT molecular complexity index is 395. The van der Waals surface area contributed by atoms with E-state index in [4.69, 9.17) is 16.3 Å². The highest BCUT2D eigenvalue weighted by Gasteiger charge is 2.08. The van der Waals surface area contributed by atoms with Gasteiger partial charge in [0.2, 0.25) is 0 Å². The Morgan fingerprint density at radius 1 is 1.41 bits per heavy atom. The molecule has 1 aromatic rings. The predicted octanol–water partition coefficient (Wildman–Crippen LogP) is 1.95. The normalized spacial score (nSPS) is 10.4. The van der Waals surface area contributed by atoms with Gasteiger partial charge in [-0.05, 0) is 24.7 Å². The van der Waals surface area contributed by atoms with Crippen molar-refractivity contribution in [2.24, 2.45) is 0 Å². The molecule has 0 heterocycles. The minimum atomic E-state index is -0.257. The van der Waals surface area contributed by atoms with Crippen molar-refractivity contribution < 1.29 is 14.3 Å². The van der Waals surface area contributed by atoms with Crippen LogP contribution in [-0.2, 0) is 16.1 Å². The Morgan fingerprint density at radius 2 is 2.12 bits per heavy atom. The number of ether oxygens (including phenoxy) is 2. The number of carbonyl (C=O) groups excluding carboxylic acids is 1. The third kappa shape index (κ3) is 4.24. The van der Waals surface area contributed by atoms with Gasteiger partial charge in [-0.2, -0.15) is 0 Å². The van der Waals surface area contributed by atoms with Gasteiger partial charge in [0.25, 0.3) is 0 Å². The Hall–Kier alpha value is -1.26. The Labute approximate surface area is 106 Å². The van der Waals surface area contributed by atoms with Crippen molar-refractivity contribution in [1.82, 2.24) is 4.90 Å². The Morgan fingerprint density at radius 3 is 2.65 bits per heavy atom. The van der Waals surface area contributed by atoms with Crippen LogP contribution in [0.15, 0.2) is 18.2 Å². The van der Waals surface area contributed by atoms with E-state index in [1.54, 1.807) is 7.11 Å². The lowest BCUT2D eigenvalue weighted by atomic mass is 10.2. The molecule has 0 bridgehead atoms. The SMILES string of the molecule is COC(=O)CN(C)Cc1ccc(OC)c(Cl)c1. The number of nitrogens with zero attached hydrogens (tertiary/aromatic N) is 1. The number of rotatable bonds is 5. The van der Waals surface area contributed by atoms with Gasteiger partial charge in [-0.1, -0.05) is 17.7 Å². The average Bonchev–Trinajstić information content (AvgIpc) is 2.29. The predicted molar refractivity (Wildman–Crippen MR) is 66.4 cm³/mol. The first kappa shape index (κ1) is 13.8. The molecule has 1 aromatic carbocycles. The van der Waals surface area contributed by atoms with Crippen molar-refractivity contribution in [2.45, 2.75) is 6.54 Å². The molecule has 0 aliphatic heterocycles. The van der Waals surface area contributed by atoms with Gasteiger partial charge in [0.15, 0.2) is 0 Å². The summed E-state index contributed by atoms with van der Waals surface area (Å²) in [5.74, 6) is 0.387. The zero-order valence-corrected chi connectivity index (χ0v) is 11.0. The number of hydrogen-bond acceptors (Lipinski definition) is 4. The van der Waals surface area contributed by atoms with Gasteiger partial charge in [0, 0.05) is 6.54 Å². The maximum atomic E-state index is 11.1. The molecule has 17 heavy (non-hydrogen) atoms. The van der Waals surface area contributed by atoms with E-state index in [0.717, 1.165) is 5.56 Å². The zero-order chi connectivity index (χ0) is 12.8. The summed E-state index contributed by atoms with van der Waals surface area (Å²) in [5, 5.41) is 0.566. The van der Waals surface area contributed by atoms with Crippen LogP contribution in [-0.4, -0.2) is 38.7 Å². The fourth-order valence-electron chi connectivity index (χ4n) is 1.46. The topological polar surface area (TPSA) is 38.8 Å². The standard InChI is InChI=1S/C12H16ClNO3/c1-14(8-12(15)17-3)7-9-4-5-11(16-2)10(13)6-9/h4-6H,7-8H2,1-3H3. The van der Waals surface area contributed by atoms with Crippen LogP contribution in [0.1, 0.15) is 5.56 Å². The van der Waals surface area contributed by atoms with Gasteiger partial charge in [-0.25, -0.2) is 0 Å². The second-order valence-corrected chi connectivity index (χ2v) is 4.12. The fraction of sp³-hybridized carbons (Fsp3) is 0.417. The summed E-state index contributed by atoms with van der Waals surface area (Å²) in [4.78, 5) is 12.9. The van der Waals surface area contributed by atoms with Gasteiger partial charge in [-0.15, -0.1) is 0 Å². The van der Waals surface area contributed by atoms with Crippen LogP contribution in [0.3, 0.4) is 0 Å². The van der Waals surface area contributed by atoms with E-state index in [1.165, 1.54) is 7.11 Å². The number of likely N-dealkylation sites (N-methyl/N-ethyl adjacent to an activating group) is 1. The first-order valence-electron chi connectivity index (χ1n) is 5.14. The minimum absolute atomic E-state index is 0.250. The molecule has 0 aliphatic rings. The van der Waals surface area contributed by atoms with Crippen LogP contribution < -0.4 is 4.74 Å². The van der Waals surface area contributed by atoms with E-state index < -0.39 is 0 Å². The highest BCUT2D eigenvalue weighted by atomic mass is 35.5. The van der Waals surface area contributed by atoms with E-state index in [9.17, 15) is 4.79 Å². The molecule has 0 amide bonds. The first-order valence-corrected chi connectivity index (χ1v) is 5.52. The van der Waals surface area contributed by atoms with Crippen LogP contribution in [0, 0.1) is 0 Å². The van der Waals surface area contributed by atoms with Crippen molar-refractivity contribution >= 4 is 17.6 Å². The largest absolute Gasteiger partial charge is 0.495 e. The van der Waals surface area contributed by atoms with Crippen molar-refractivity contribution in [3.63, 3.8) is 0 Å². The van der Waals surface area contributed by atoms with E-state index in [1.807, 2.05) is 30.1 Å². The highest BCUT2D eigenvalue weighted by Crippen LogP contribution is 2.25. The molecule has 0 aliphatic carbocycles. The second kappa shape index (κ2) is 6.47.